The fourth-order valence-electron chi connectivity index (χ4n) is 5.81. The number of rotatable bonds is 4. The summed E-state index contributed by atoms with van der Waals surface area (Å²) in [6.07, 6.45) is 3.94. The molecule has 2 atom stereocenters. The van der Waals surface area contributed by atoms with Crippen LogP contribution in [0.4, 0.5) is 4.39 Å². The normalized spacial score (nSPS) is 19.1. The molecule has 0 saturated heterocycles. The van der Waals surface area contributed by atoms with Crippen molar-refractivity contribution in [2.24, 2.45) is 0 Å². The van der Waals surface area contributed by atoms with Gasteiger partial charge in [0, 0.05) is 22.0 Å². The number of carbonyl (C=O) groups is 1. The average molecular weight is 451 g/mol. The van der Waals surface area contributed by atoms with Crippen LogP contribution in [0.2, 0.25) is 0 Å². The Morgan fingerprint density at radius 3 is 2.41 bits per heavy atom. The minimum Gasteiger partial charge on any atom is -0.354 e. The Kier molecular flexibility index (Phi) is 5.09. The molecule has 1 aliphatic carbocycles. The Morgan fingerprint density at radius 2 is 1.62 bits per heavy atom. The maximum atomic E-state index is 13.9. The van der Waals surface area contributed by atoms with Gasteiger partial charge in [-0.2, -0.15) is 0 Å². The Hall–Kier alpha value is -3.66. The number of nitrogens with zero attached hydrogens (tertiary/aromatic N) is 1. The molecule has 1 aromatic heterocycles. The molecule has 6 rings (SSSR count). The van der Waals surface area contributed by atoms with Gasteiger partial charge in [-0.15, -0.1) is 0 Å². The van der Waals surface area contributed by atoms with Crippen molar-refractivity contribution in [3.63, 3.8) is 0 Å². The number of hydrogen-bond acceptors (Lipinski definition) is 1. The van der Waals surface area contributed by atoms with Crippen LogP contribution in [0.25, 0.3) is 22.2 Å². The molecule has 2 aliphatic rings. The number of aromatic nitrogens is 1. The number of amides is 1. The summed E-state index contributed by atoms with van der Waals surface area (Å²) in [5.41, 5.74) is 7.41. The number of halogens is 1. The summed E-state index contributed by atoms with van der Waals surface area (Å²) in [6, 6.07) is 25.0. The van der Waals surface area contributed by atoms with Crippen LogP contribution in [0, 0.1) is 5.82 Å². The van der Waals surface area contributed by atoms with Gasteiger partial charge in [-0.25, -0.2) is 4.39 Å². The van der Waals surface area contributed by atoms with Crippen LogP contribution in [-0.4, -0.2) is 15.8 Å². The Balaban J connectivity index is 1.59. The van der Waals surface area contributed by atoms with E-state index in [0.29, 0.717) is 0 Å². The number of hydrogen-bond donors (Lipinski definition) is 1. The lowest BCUT2D eigenvalue weighted by atomic mass is 9.85. The molecule has 0 saturated carbocycles. The first-order valence-corrected chi connectivity index (χ1v) is 12.1. The molecule has 1 amide bonds. The smallest absolute Gasteiger partial charge is 0.251 e. The highest BCUT2D eigenvalue weighted by atomic mass is 19.1. The number of para-hydroxylation sites is 1. The summed E-state index contributed by atoms with van der Waals surface area (Å²) < 4.78 is 13.8. The summed E-state index contributed by atoms with van der Waals surface area (Å²) in [5, 5.41) is 1.12. The zero-order valence-electron chi connectivity index (χ0n) is 19.2. The van der Waals surface area contributed by atoms with Crippen molar-refractivity contribution in [2.75, 3.05) is 0 Å². The number of nitrogens with one attached hydrogen (secondary N) is 1. The van der Waals surface area contributed by atoms with E-state index in [9.17, 15) is 9.18 Å². The summed E-state index contributed by atoms with van der Waals surface area (Å²) in [4.78, 5) is 19.6. The first-order valence-electron chi connectivity index (χ1n) is 12.1. The van der Waals surface area contributed by atoms with Crippen molar-refractivity contribution >= 4 is 16.8 Å². The highest BCUT2D eigenvalue weighted by molar-refractivity contribution is 6.01. The zero-order valence-corrected chi connectivity index (χ0v) is 19.2. The van der Waals surface area contributed by atoms with Gasteiger partial charge in [-0.05, 0) is 79.6 Å². The largest absolute Gasteiger partial charge is 0.354 e. The van der Waals surface area contributed by atoms with Crippen molar-refractivity contribution in [1.29, 1.82) is 0 Å². The van der Waals surface area contributed by atoms with E-state index in [0.717, 1.165) is 64.5 Å². The molecular weight excluding hydrogens is 423 g/mol. The first kappa shape index (κ1) is 20.9. The quantitative estimate of drug-likeness (QED) is 0.343. The van der Waals surface area contributed by atoms with E-state index in [2.05, 4.69) is 41.1 Å². The van der Waals surface area contributed by atoms with Gasteiger partial charge >= 0.3 is 0 Å². The molecule has 4 aromatic rings. The predicted molar refractivity (Wildman–Crippen MR) is 134 cm³/mol. The fraction of sp³-hybridized carbons (Fsp3) is 0.233. The van der Waals surface area contributed by atoms with Gasteiger partial charge in [-0.3, -0.25) is 4.79 Å². The predicted octanol–water partition coefficient (Wildman–Crippen LogP) is 7.49. The second-order valence-corrected chi connectivity index (χ2v) is 9.38. The van der Waals surface area contributed by atoms with Crippen molar-refractivity contribution < 1.29 is 9.18 Å². The minimum absolute atomic E-state index is 0.0703. The van der Waals surface area contributed by atoms with E-state index < -0.39 is 0 Å². The van der Waals surface area contributed by atoms with Crippen LogP contribution in [0.1, 0.15) is 55.8 Å². The van der Waals surface area contributed by atoms with E-state index in [1.807, 2.05) is 42.5 Å². The maximum Gasteiger partial charge on any atom is 0.251 e. The fourth-order valence-corrected chi connectivity index (χ4v) is 5.81. The molecule has 2 heterocycles. The molecule has 1 aliphatic heterocycles. The number of fused-ring (bicyclic) bond motifs is 1. The van der Waals surface area contributed by atoms with Crippen LogP contribution >= 0.6 is 0 Å². The summed E-state index contributed by atoms with van der Waals surface area (Å²) in [6.45, 7) is 2.13. The second-order valence-electron chi connectivity index (χ2n) is 9.38. The van der Waals surface area contributed by atoms with Crippen molar-refractivity contribution in [3.8, 4) is 11.3 Å². The van der Waals surface area contributed by atoms with Crippen LogP contribution in [0.3, 0.4) is 0 Å². The molecule has 3 nitrogen and oxygen atoms in total. The third-order valence-electron chi connectivity index (χ3n) is 7.46. The van der Waals surface area contributed by atoms with Gasteiger partial charge < -0.3 is 9.88 Å². The lowest BCUT2D eigenvalue weighted by molar-refractivity contribution is -0.129. The molecule has 0 radical (unpaired) electrons. The number of carbonyl (C=O) groups excluding carboxylic acids is 1. The first-order chi connectivity index (χ1) is 16.6. The van der Waals surface area contributed by atoms with Crippen LogP contribution < -0.4 is 0 Å². The lowest BCUT2D eigenvalue weighted by Gasteiger charge is -2.34. The van der Waals surface area contributed by atoms with Crippen molar-refractivity contribution in [3.05, 3.63) is 107 Å². The third-order valence-corrected chi connectivity index (χ3v) is 7.46. The van der Waals surface area contributed by atoms with Crippen LogP contribution in [0.5, 0.6) is 0 Å². The summed E-state index contributed by atoms with van der Waals surface area (Å²) in [7, 11) is 0. The van der Waals surface area contributed by atoms with Crippen LogP contribution in [0.15, 0.2) is 90.0 Å². The Morgan fingerprint density at radius 1 is 0.912 bits per heavy atom. The molecule has 34 heavy (non-hydrogen) atoms. The monoisotopic (exact) mass is 450 g/mol. The topological polar surface area (TPSA) is 36.1 Å². The minimum atomic E-state index is -0.256. The van der Waals surface area contributed by atoms with Gasteiger partial charge in [0.1, 0.15) is 5.82 Å². The van der Waals surface area contributed by atoms with Gasteiger partial charge in [-0.1, -0.05) is 48.5 Å². The third kappa shape index (κ3) is 3.28. The molecule has 0 spiro atoms. The molecule has 0 fully saturated rings. The number of benzene rings is 3. The molecular formula is C30H27FN2O. The van der Waals surface area contributed by atoms with E-state index >= 15 is 0 Å². The van der Waals surface area contributed by atoms with Crippen molar-refractivity contribution in [1.82, 2.24) is 9.88 Å². The second kappa shape index (κ2) is 8.28. The lowest BCUT2D eigenvalue weighted by Crippen LogP contribution is -2.33. The van der Waals surface area contributed by atoms with Gasteiger partial charge in [0.2, 0.25) is 0 Å². The summed E-state index contributed by atoms with van der Waals surface area (Å²) in [5.74, 6) is -0.0968. The molecule has 3 aromatic carbocycles. The molecule has 0 unspecified atom stereocenters. The Bertz CT molecular complexity index is 1400. The van der Waals surface area contributed by atoms with E-state index in [4.69, 9.17) is 0 Å². The van der Waals surface area contributed by atoms with E-state index in [-0.39, 0.29) is 23.8 Å². The Labute approximate surface area is 198 Å². The van der Waals surface area contributed by atoms with Gasteiger partial charge in [0.05, 0.1) is 17.8 Å². The molecule has 0 bridgehead atoms. The highest BCUT2D eigenvalue weighted by Gasteiger charge is 2.44. The van der Waals surface area contributed by atoms with E-state index in [1.165, 1.54) is 17.7 Å². The van der Waals surface area contributed by atoms with Gasteiger partial charge in [0.25, 0.3) is 5.91 Å². The van der Waals surface area contributed by atoms with Gasteiger partial charge in [0.15, 0.2) is 0 Å². The standard InChI is InChI=1S/C30H27FN2O/c1-19(20-9-3-2-4-10-20)33-29(23-11-5-6-12-24(23)30(33)34)27-25-13-7-8-14-26(25)32-28(27)21-15-17-22(31)18-16-21/h2-4,7-10,13-19,29,32H,5-6,11-12H2,1H3/t19-,29+/m0/s1. The number of H-pyrrole nitrogens is 1. The molecule has 1 N–H and O–H groups in total. The molecule has 170 valence electrons. The SMILES string of the molecule is C[C@@H](c1ccccc1)N1C(=O)C2=C(CCCC2)[C@@H]1c1c(-c2ccc(F)cc2)[nH]c2ccccc12. The molecule has 4 heteroatoms. The van der Waals surface area contributed by atoms with Crippen LogP contribution in [-0.2, 0) is 4.79 Å². The number of aromatic amines is 1. The average Bonchev–Trinajstić information content (AvgIpc) is 3.40. The highest BCUT2D eigenvalue weighted by Crippen LogP contribution is 2.51. The summed E-state index contributed by atoms with van der Waals surface area (Å²) >= 11 is 0. The maximum absolute atomic E-state index is 13.9. The van der Waals surface area contributed by atoms with E-state index in [1.54, 1.807) is 0 Å². The van der Waals surface area contributed by atoms with Crippen molar-refractivity contribution in [2.45, 2.75) is 44.7 Å². The zero-order chi connectivity index (χ0) is 23.2.